The molecule has 1 N–H and O–H groups in total. The van der Waals surface area contributed by atoms with Crippen LogP contribution in [0.1, 0.15) is 19.4 Å². The molecule has 8 nitrogen and oxygen atoms in total. The summed E-state index contributed by atoms with van der Waals surface area (Å²) in [7, 11) is -3.70. The summed E-state index contributed by atoms with van der Waals surface area (Å²) in [4.78, 5) is 28.5. The molecule has 0 unspecified atom stereocenters. The second kappa shape index (κ2) is 9.09. The maximum Gasteiger partial charge on any atom is 0.244 e. The van der Waals surface area contributed by atoms with E-state index in [-0.39, 0.29) is 23.3 Å². The molecule has 0 aromatic heterocycles. The van der Waals surface area contributed by atoms with Gasteiger partial charge in [-0.3, -0.25) is 9.59 Å². The van der Waals surface area contributed by atoms with Crippen molar-refractivity contribution in [2.45, 2.75) is 29.1 Å². The van der Waals surface area contributed by atoms with Gasteiger partial charge in [-0.1, -0.05) is 6.07 Å². The second-order valence-corrected chi connectivity index (χ2v) is 11.3. The number of morpholine rings is 1. The number of hydrogen-bond donors (Lipinski definition) is 1. The normalized spacial score (nSPS) is 18.3. The first-order valence-electron chi connectivity index (χ1n) is 10.6. The number of carbonyl (C=O) groups is 2. The first kappa shape index (κ1) is 23.7. The molecular weight excluding hydrogens is 462 g/mol. The van der Waals surface area contributed by atoms with Crippen LogP contribution in [-0.2, 0) is 29.8 Å². The summed E-state index contributed by atoms with van der Waals surface area (Å²) in [5.41, 5.74) is 0.855. The lowest BCUT2D eigenvalue weighted by atomic mass is 9.86. The van der Waals surface area contributed by atoms with Crippen molar-refractivity contribution in [3.63, 3.8) is 0 Å². The Morgan fingerprint density at radius 2 is 1.88 bits per heavy atom. The Kier molecular flexibility index (Phi) is 6.54. The highest BCUT2D eigenvalue weighted by atomic mass is 32.2. The van der Waals surface area contributed by atoms with Crippen molar-refractivity contribution >= 4 is 45.0 Å². The lowest BCUT2D eigenvalue weighted by molar-refractivity contribution is -0.124. The minimum atomic E-state index is -3.70. The summed E-state index contributed by atoms with van der Waals surface area (Å²) >= 11 is 1.57. The lowest BCUT2D eigenvalue weighted by Gasteiger charge is -2.26. The van der Waals surface area contributed by atoms with Crippen LogP contribution in [0.5, 0.6) is 0 Å². The largest absolute Gasteiger partial charge is 0.379 e. The topological polar surface area (TPSA) is 96.0 Å². The summed E-state index contributed by atoms with van der Waals surface area (Å²) in [5, 5.41) is 2.84. The van der Waals surface area contributed by atoms with E-state index in [1.165, 1.54) is 15.3 Å². The fraction of sp³-hybridized carbons (Fsp3) is 0.391. The number of thioether (sulfide) groups is 1. The standard InChI is InChI=1S/C23H27N3O5S2/c1-23(2)19-14-18(33(29,30)25-9-11-31-12-10-25)7-8-20(19)26(22(23)28)15-21(27)24-16-5-4-6-17(13-16)32-3/h4-8,13-14H,9-12,15H2,1-3H3,(H,24,27). The highest BCUT2D eigenvalue weighted by Gasteiger charge is 2.45. The van der Waals surface area contributed by atoms with E-state index in [4.69, 9.17) is 4.74 Å². The van der Waals surface area contributed by atoms with Crippen LogP contribution in [0.15, 0.2) is 52.3 Å². The Balaban J connectivity index is 1.59. The summed E-state index contributed by atoms with van der Waals surface area (Å²) in [5.74, 6) is -0.568. The van der Waals surface area contributed by atoms with Crippen LogP contribution in [0.2, 0.25) is 0 Å². The molecule has 0 aliphatic carbocycles. The van der Waals surface area contributed by atoms with Gasteiger partial charge >= 0.3 is 0 Å². The van der Waals surface area contributed by atoms with Gasteiger partial charge in [-0.05, 0) is 62.1 Å². The Morgan fingerprint density at radius 3 is 2.58 bits per heavy atom. The summed E-state index contributed by atoms with van der Waals surface area (Å²) in [6, 6.07) is 12.2. The smallest absolute Gasteiger partial charge is 0.244 e. The van der Waals surface area contributed by atoms with E-state index in [9.17, 15) is 18.0 Å². The van der Waals surface area contributed by atoms with E-state index in [0.29, 0.717) is 43.2 Å². The van der Waals surface area contributed by atoms with Gasteiger partial charge in [-0.15, -0.1) is 11.8 Å². The van der Waals surface area contributed by atoms with Crippen molar-refractivity contribution in [3.05, 3.63) is 48.0 Å². The fourth-order valence-electron chi connectivity index (χ4n) is 4.11. The maximum absolute atomic E-state index is 13.2. The predicted octanol–water partition coefficient (Wildman–Crippen LogP) is 2.69. The molecule has 0 spiro atoms. The molecule has 0 saturated carbocycles. The molecule has 1 fully saturated rings. The lowest BCUT2D eigenvalue weighted by Crippen LogP contribution is -2.41. The molecule has 2 amide bonds. The van der Waals surface area contributed by atoms with Crippen LogP contribution in [0, 0.1) is 0 Å². The number of nitrogens with one attached hydrogen (secondary N) is 1. The molecule has 33 heavy (non-hydrogen) atoms. The monoisotopic (exact) mass is 489 g/mol. The number of fused-ring (bicyclic) bond motifs is 1. The maximum atomic E-state index is 13.2. The summed E-state index contributed by atoms with van der Waals surface area (Å²) in [6.07, 6.45) is 1.95. The highest BCUT2D eigenvalue weighted by Crippen LogP contribution is 2.42. The number of ether oxygens (including phenoxy) is 1. The molecule has 2 aliphatic heterocycles. The van der Waals surface area contributed by atoms with Gasteiger partial charge in [0.25, 0.3) is 0 Å². The van der Waals surface area contributed by atoms with E-state index in [2.05, 4.69) is 5.32 Å². The van der Waals surface area contributed by atoms with E-state index in [1.807, 2.05) is 24.5 Å². The van der Waals surface area contributed by atoms with Crippen LogP contribution in [0.25, 0.3) is 0 Å². The molecule has 0 atom stereocenters. The molecule has 176 valence electrons. The number of rotatable bonds is 6. The van der Waals surface area contributed by atoms with E-state index in [1.54, 1.807) is 43.8 Å². The van der Waals surface area contributed by atoms with Gasteiger partial charge in [0.2, 0.25) is 21.8 Å². The van der Waals surface area contributed by atoms with Gasteiger partial charge in [0.15, 0.2) is 0 Å². The van der Waals surface area contributed by atoms with Crippen LogP contribution >= 0.6 is 11.8 Å². The molecule has 10 heteroatoms. The number of carbonyl (C=O) groups excluding carboxylic acids is 2. The molecule has 0 bridgehead atoms. The van der Waals surface area contributed by atoms with E-state index < -0.39 is 15.4 Å². The molecule has 0 radical (unpaired) electrons. The number of sulfonamides is 1. The van der Waals surface area contributed by atoms with Crippen molar-refractivity contribution in [3.8, 4) is 0 Å². The molecule has 2 heterocycles. The highest BCUT2D eigenvalue weighted by molar-refractivity contribution is 7.98. The van der Waals surface area contributed by atoms with Crippen LogP contribution in [-0.4, -0.2) is 63.6 Å². The van der Waals surface area contributed by atoms with Crippen molar-refractivity contribution in [1.82, 2.24) is 4.31 Å². The molecular formula is C23H27N3O5S2. The zero-order valence-corrected chi connectivity index (χ0v) is 20.5. The van der Waals surface area contributed by atoms with Gasteiger partial charge in [0.05, 0.1) is 23.5 Å². The average Bonchev–Trinajstić information content (AvgIpc) is 3.00. The van der Waals surface area contributed by atoms with Crippen molar-refractivity contribution in [2.75, 3.05) is 49.3 Å². The third-order valence-corrected chi connectivity index (χ3v) is 8.59. The van der Waals surface area contributed by atoms with Crippen molar-refractivity contribution < 1.29 is 22.7 Å². The molecule has 4 rings (SSSR count). The van der Waals surface area contributed by atoms with E-state index in [0.717, 1.165) is 4.90 Å². The second-order valence-electron chi connectivity index (χ2n) is 8.49. The number of anilines is 2. The predicted molar refractivity (Wildman–Crippen MR) is 128 cm³/mol. The molecule has 2 aromatic rings. The van der Waals surface area contributed by atoms with Crippen LogP contribution in [0.4, 0.5) is 11.4 Å². The zero-order valence-electron chi connectivity index (χ0n) is 18.8. The van der Waals surface area contributed by atoms with Gasteiger partial charge in [0, 0.05) is 29.4 Å². The van der Waals surface area contributed by atoms with E-state index >= 15 is 0 Å². The first-order chi connectivity index (χ1) is 15.6. The zero-order chi connectivity index (χ0) is 23.8. The van der Waals surface area contributed by atoms with Gasteiger partial charge in [0.1, 0.15) is 6.54 Å². The van der Waals surface area contributed by atoms with Gasteiger partial charge in [-0.25, -0.2) is 8.42 Å². The van der Waals surface area contributed by atoms with Crippen molar-refractivity contribution in [2.24, 2.45) is 0 Å². The number of hydrogen-bond acceptors (Lipinski definition) is 6. The first-order valence-corrected chi connectivity index (χ1v) is 13.3. The Labute approximate surface area is 198 Å². The SMILES string of the molecule is CSc1cccc(NC(=O)CN2C(=O)C(C)(C)c3cc(S(=O)(=O)N4CCOCC4)ccc32)c1. The Morgan fingerprint density at radius 1 is 1.15 bits per heavy atom. The summed E-state index contributed by atoms with van der Waals surface area (Å²) < 4.78 is 32.9. The average molecular weight is 490 g/mol. The quantitative estimate of drug-likeness (QED) is 0.627. The molecule has 2 aromatic carbocycles. The van der Waals surface area contributed by atoms with Gasteiger partial charge < -0.3 is 15.0 Å². The van der Waals surface area contributed by atoms with Gasteiger partial charge in [-0.2, -0.15) is 4.31 Å². The molecule has 2 aliphatic rings. The Hall–Kier alpha value is -2.40. The number of benzene rings is 2. The minimum absolute atomic E-state index is 0.143. The van der Waals surface area contributed by atoms with Crippen molar-refractivity contribution in [1.29, 1.82) is 0 Å². The van der Waals surface area contributed by atoms with Crippen LogP contribution in [0.3, 0.4) is 0 Å². The third-order valence-electron chi connectivity index (χ3n) is 5.98. The Bertz CT molecular complexity index is 1190. The number of amides is 2. The number of nitrogens with zero attached hydrogens (tertiary/aromatic N) is 2. The molecule has 1 saturated heterocycles. The minimum Gasteiger partial charge on any atom is -0.379 e. The van der Waals surface area contributed by atoms with Crippen LogP contribution < -0.4 is 10.2 Å². The summed E-state index contributed by atoms with van der Waals surface area (Å²) in [6.45, 7) is 4.65. The third kappa shape index (κ3) is 4.52. The fourth-order valence-corrected chi connectivity index (χ4v) is 6.01.